The Kier molecular flexibility index (Phi) is 5.71. The molecular formula is C20H22BN3O2. The zero-order valence-corrected chi connectivity index (χ0v) is 15.1. The van der Waals surface area contributed by atoms with Gasteiger partial charge in [0.25, 0.3) is 5.91 Å². The van der Waals surface area contributed by atoms with Crippen LogP contribution in [0.4, 0.5) is 0 Å². The molecule has 0 saturated heterocycles. The number of nitrogens with one attached hydrogen (secondary N) is 1. The van der Waals surface area contributed by atoms with Gasteiger partial charge in [-0.15, -0.1) is 0 Å². The van der Waals surface area contributed by atoms with Gasteiger partial charge >= 0.3 is 0 Å². The molecule has 6 heteroatoms. The van der Waals surface area contributed by atoms with Gasteiger partial charge < -0.3 is 10.2 Å². The fourth-order valence-electron chi connectivity index (χ4n) is 2.92. The maximum absolute atomic E-state index is 12.3. The third-order valence-corrected chi connectivity index (χ3v) is 4.17. The van der Waals surface area contributed by atoms with Crippen LogP contribution in [0, 0.1) is 5.92 Å². The average molecular weight is 347 g/mol. The van der Waals surface area contributed by atoms with E-state index >= 15 is 0 Å². The second kappa shape index (κ2) is 8.17. The zero-order valence-electron chi connectivity index (χ0n) is 15.1. The minimum Gasteiger partial charge on any atom is -0.382 e. The first-order chi connectivity index (χ1) is 12.5. The Morgan fingerprint density at radius 2 is 2.08 bits per heavy atom. The average Bonchev–Trinajstić information content (AvgIpc) is 3.12. The van der Waals surface area contributed by atoms with Crippen LogP contribution in [-0.2, 0) is 9.63 Å². The summed E-state index contributed by atoms with van der Waals surface area (Å²) in [4.78, 5) is 22.0. The van der Waals surface area contributed by atoms with E-state index < -0.39 is 6.10 Å². The lowest BCUT2D eigenvalue weighted by molar-refractivity contribution is -0.131. The predicted octanol–water partition coefficient (Wildman–Crippen LogP) is 2.90. The van der Waals surface area contributed by atoms with E-state index in [2.05, 4.69) is 29.3 Å². The summed E-state index contributed by atoms with van der Waals surface area (Å²) in [6.07, 6.45) is 2.27. The fraction of sp³-hybridized carbons (Fsp3) is 0.350. The highest BCUT2D eigenvalue weighted by Gasteiger charge is 2.29. The summed E-state index contributed by atoms with van der Waals surface area (Å²) < 4.78 is 0. The van der Waals surface area contributed by atoms with Gasteiger partial charge in [-0.1, -0.05) is 43.3 Å². The number of hydrogen-bond donors (Lipinski definition) is 1. The van der Waals surface area contributed by atoms with Crippen molar-refractivity contribution in [1.82, 2.24) is 10.3 Å². The molecule has 2 aromatic rings. The lowest BCUT2D eigenvalue weighted by Crippen LogP contribution is -2.42. The van der Waals surface area contributed by atoms with Crippen LogP contribution < -0.4 is 5.32 Å². The van der Waals surface area contributed by atoms with Crippen LogP contribution in [0.15, 0.2) is 53.8 Å². The Balaban J connectivity index is 1.65. The number of hydrogen-bond acceptors (Lipinski definition) is 4. The molecule has 0 bridgehead atoms. The fourth-order valence-corrected chi connectivity index (χ4v) is 2.92. The van der Waals surface area contributed by atoms with Gasteiger partial charge in [-0.2, -0.15) is 0 Å². The number of benzene rings is 1. The molecule has 2 heterocycles. The van der Waals surface area contributed by atoms with Crippen LogP contribution >= 0.6 is 0 Å². The van der Waals surface area contributed by atoms with Gasteiger partial charge in [0.2, 0.25) is 6.10 Å². The summed E-state index contributed by atoms with van der Waals surface area (Å²) in [5.41, 5.74) is 3.57. The Hall–Kier alpha value is -2.63. The van der Waals surface area contributed by atoms with Gasteiger partial charge in [0.15, 0.2) is 0 Å². The summed E-state index contributed by atoms with van der Waals surface area (Å²) in [5, 5.41) is 6.90. The Morgan fingerprint density at radius 1 is 1.27 bits per heavy atom. The molecule has 2 radical (unpaired) electrons. The molecule has 3 rings (SSSR count). The number of pyridine rings is 1. The molecule has 1 N–H and O–H groups in total. The molecule has 1 aliphatic heterocycles. The smallest absolute Gasteiger partial charge is 0.263 e. The first kappa shape index (κ1) is 18.2. The number of aromatic nitrogens is 1. The van der Waals surface area contributed by atoms with Gasteiger partial charge in [-0.3, -0.25) is 9.78 Å². The predicted molar refractivity (Wildman–Crippen MR) is 103 cm³/mol. The van der Waals surface area contributed by atoms with E-state index in [0.29, 0.717) is 12.3 Å². The lowest BCUT2D eigenvalue weighted by Gasteiger charge is -2.18. The highest BCUT2D eigenvalue weighted by atomic mass is 16.6. The normalized spacial score (nSPS) is 17.5. The van der Waals surface area contributed by atoms with E-state index in [1.54, 1.807) is 6.20 Å². The highest BCUT2D eigenvalue weighted by Crippen LogP contribution is 2.22. The van der Waals surface area contributed by atoms with Crippen LogP contribution in [0.25, 0.3) is 11.3 Å². The SMILES string of the molecule is [B][C@H](CC(C)C)NC(=O)C1CC(c2cccc(-c3ccccn3)c2)=NO1. The second-order valence-electron chi connectivity index (χ2n) is 6.88. The van der Waals surface area contributed by atoms with Crippen molar-refractivity contribution < 1.29 is 9.63 Å². The minimum atomic E-state index is -0.637. The molecule has 132 valence electrons. The molecule has 0 fully saturated rings. The molecular weight excluding hydrogens is 325 g/mol. The Bertz CT molecular complexity index is 793. The summed E-state index contributed by atoms with van der Waals surface area (Å²) in [7, 11) is 5.94. The Labute approximate surface area is 155 Å². The molecule has 2 atom stereocenters. The number of oxime groups is 1. The van der Waals surface area contributed by atoms with Gasteiger partial charge in [0.1, 0.15) is 0 Å². The van der Waals surface area contributed by atoms with Crippen molar-refractivity contribution >= 4 is 19.5 Å². The van der Waals surface area contributed by atoms with Crippen molar-refractivity contribution in [3.63, 3.8) is 0 Å². The first-order valence-corrected chi connectivity index (χ1v) is 8.83. The van der Waals surface area contributed by atoms with E-state index in [1.807, 2.05) is 42.5 Å². The summed E-state index contributed by atoms with van der Waals surface area (Å²) >= 11 is 0. The quantitative estimate of drug-likeness (QED) is 0.818. The van der Waals surface area contributed by atoms with Crippen LogP contribution in [0.5, 0.6) is 0 Å². The van der Waals surface area contributed by atoms with Gasteiger partial charge in [-0.05, 0) is 36.5 Å². The van der Waals surface area contributed by atoms with Gasteiger partial charge in [-0.25, -0.2) is 0 Å². The summed E-state index contributed by atoms with van der Waals surface area (Å²) in [6.45, 7) is 4.13. The summed E-state index contributed by atoms with van der Waals surface area (Å²) in [6, 6.07) is 13.7. The van der Waals surface area contributed by atoms with Crippen LogP contribution in [0.2, 0.25) is 0 Å². The first-order valence-electron chi connectivity index (χ1n) is 8.83. The third-order valence-electron chi connectivity index (χ3n) is 4.17. The number of nitrogens with zero attached hydrogens (tertiary/aromatic N) is 2. The van der Waals surface area contributed by atoms with Crippen LogP contribution in [-0.4, -0.2) is 36.5 Å². The number of carbonyl (C=O) groups excluding carboxylic acids is 1. The molecule has 1 amide bonds. The molecule has 5 nitrogen and oxygen atoms in total. The molecule has 0 spiro atoms. The Morgan fingerprint density at radius 3 is 2.81 bits per heavy atom. The maximum Gasteiger partial charge on any atom is 0.263 e. The number of amides is 1. The van der Waals surface area contributed by atoms with E-state index in [4.69, 9.17) is 12.7 Å². The molecule has 1 unspecified atom stereocenters. The zero-order chi connectivity index (χ0) is 18.5. The number of carbonyl (C=O) groups is 1. The van der Waals surface area contributed by atoms with Gasteiger partial charge in [0, 0.05) is 23.7 Å². The summed E-state index contributed by atoms with van der Waals surface area (Å²) in [5.74, 6) is -0.184. The largest absolute Gasteiger partial charge is 0.382 e. The van der Waals surface area contributed by atoms with E-state index in [-0.39, 0.29) is 11.8 Å². The molecule has 0 aliphatic carbocycles. The van der Waals surface area contributed by atoms with E-state index in [1.165, 1.54) is 0 Å². The third kappa shape index (κ3) is 4.51. The van der Waals surface area contributed by atoms with Crippen molar-refractivity contribution in [3.05, 3.63) is 54.2 Å². The van der Waals surface area contributed by atoms with Gasteiger partial charge in [0.05, 0.1) is 19.3 Å². The second-order valence-corrected chi connectivity index (χ2v) is 6.88. The molecule has 0 saturated carbocycles. The van der Waals surface area contributed by atoms with Crippen LogP contribution in [0.1, 0.15) is 32.3 Å². The minimum absolute atomic E-state index is 0.224. The van der Waals surface area contributed by atoms with E-state index in [0.717, 1.165) is 29.0 Å². The molecule has 26 heavy (non-hydrogen) atoms. The number of rotatable bonds is 6. The van der Waals surface area contributed by atoms with E-state index in [9.17, 15) is 4.79 Å². The van der Waals surface area contributed by atoms with Crippen LogP contribution in [0.3, 0.4) is 0 Å². The molecule has 1 aromatic carbocycles. The van der Waals surface area contributed by atoms with Crippen molar-refractivity contribution in [1.29, 1.82) is 0 Å². The van der Waals surface area contributed by atoms with Crippen molar-refractivity contribution in [3.8, 4) is 11.3 Å². The van der Waals surface area contributed by atoms with Crippen molar-refractivity contribution in [2.75, 3.05) is 0 Å². The molecule has 1 aliphatic rings. The molecule has 1 aromatic heterocycles. The standard InChI is InChI=1S/C20H22BN3O2/c1-13(2)10-19(21)23-20(25)18-12-17(24-26-18)15-7-5-6-14(11-15)16-8-3-4-9-22-16/h3-9,11,13,18-19H,10,12H2,1-2H3,(H,23,25)/t18?,19-/m0/s1. The van der Waals surface area contributed by atoms with Crippen molar-refractivity contribution in [2.24, 2.45) is 11.1 Å². The monoisotopic (exact) mass is 347 g/mol. The maximum atomic E-state index is 12.3. The topological polar surface area (TPSA) is 63.6 Å². The lowest BCUT2D eigenvalue weighted by atomic mass is 9.88. The van der Waals surface area contributed by atoms with Crippen molar-refractivity contribution in [2.45, 2.75) is 38.7 Å². The highest BCUT2D eigenvalue weighted by molar-refractivity contribution is 6.13.